The molecule has 0 aromatic heterocycles. The lowest BCUT2D eigenvalue weighted by atomic mass is 10.0. The van der Waals surface area contributed by atoms with Gasteiger partial charge in [-0.2, -0.15) is 0 Å². The topological polar surface area (TPSA) is 15.3 Å². The van der Waals surface area contributed by atoms with Crippen molar-refractivity contribution in [2.75, 3.05) is 25.5 Å². The highest BCUT2D eigenvalue weighted by molar-refractivity contribution is 5.71. The van der Waals surface area contributed by atoms with Gasteiger partial charge in [0.1, 0.15) is 0 Å². The molecule has 0 spiro atoms. The van der Waals surface area contributed by atoms with Crippen LogP contribution in [-0.2, 0) is 0 Å². The molecule has 1 aromatic carbocycles. The summed E-state index contributed by atoms with van der Waals surface area (Å²) in [6, 6.07) is 9.06. The summed E-state index contributed by atoms with van der Waals surface area (Å²) in [5.41, 5.74) is 2.65. The number of nitrogens with zero attached hydrogens (tertiary/aromatic N) is 1. The second-order valence-electron chi connectivity index (χ2n) is 3.99. The predicted octanol–water partition coefficient (Wildman–Crippen LogP) is 2.13. The molecule has 1 aromatic rings. The van der Waals surface area contributed by atoms with E-state index in [1.807, 2.05) is 7.05 Å². The van der Waals surface area contributed by atoms with Gasteiger partial charge in [0, 0.05) is 18.8 Å². The fraction of sp³-hybridized carbons (Fsp3) is 0.385. The van der Waals surface area contributed by atoms with Gasteiger partial charge in [-0.3, -0.25) is 0 Å². The lowest BCUT2D eigenvalue weighted by Crippen LogP contribution is -2.34. The van der Waals surface area contributed by atoms with Crippen molar-refractivity contribution in [3.05, 3.63) is 35.9 Å². The molecule has 1 aliphatic rings. The molecule has 1 unspecified atom stereocenters. The van der Waals surface area contributed by atoms with Crippen molar-refractivity contribution < 1.29 is 0 Å². The molecule has 2 heteroatoms. The van der Waals surface area contributed by atoms with Crippen LogP contribution in [0.1, 0.15) is 12.0 Å². The molecular formula is C13H18N2. The highest BCUT2D eigenvalue weighted by atomic mass is 15.1. The SMILES string of the molecule is CNCCC1C=Cc2ccccc2N1C. The van der Waals surface area contributed by atoms with Crippen molar-refractivity contribution in [1.82, 2.24) is 5.32 Å². The molecule has 0 radical (unpaired) electrons. The van der Waals surface area contributed by atoms with Crippen LogP contribution >= 0.6 is 0 Å². The van der Waals surface area contributed by atoms with Crippen molar-refractivity contribution in [2.24, 2.45) is 0 Å². The Hall–Kier alpha value is -1.28. The number of nitrogens with one attached hydrogen (secondary N) is 1. The lowest BCUT2D eigenvalue weighted by molar-refractivity contribution is 0.637. The molecule has 0 bridgehead atoms. The van der Waals surface area contributed by atoms with E-state index in [2.05, 4.69) is 53.7 Å². The van der Waals surface area contributed by atoms with Gasteiger partial charge in [0.25, 0.3) is 0 Å². The Morgan fingerprint density at radius 1 is 1.33 bits per heavy atom. The smallest absolute Gasteiger partial charge is 0.0485 e. The summed E-state index contributed by atoms with van der Waals surface area (Å²) in [6.07, 6.45) is 5.67. The van der Waals surface area contributed by atoms with Crippen LogP contribution in [-0.4, -0.2) is 26.7 Å². The average molecular weight is 202 g/mol. The Balaban J connectivity index is 2.18. The van der Waals surface area contributed by atoms with Gasteiger partial charge in [0.05, 0.1) is 0 Å². The molecule has 1 heterocycles. The number of rotatable bonds is 3. The highest BCUT2D eigenvalue weighted by Gasteiger charge is 2.17. The highest BCUT2D eigenvalue weighted by Crippen LogP contribution is 2.28. The zero-order chi connectivity index (χ0) is 10.7. The van der Waals surface area contributed by atoms with Gasteiger partial charge in [0.2, 0.25) is 0 Å². The number of fused-ring (bicyclic) bond motifs is 1. The maximum Gasteiger partial charge on any atom is 0.0485 e. The third kappa shape index (κ3) is 2.05. The summed E-state index contributed by atoms with van der Waals surface area (Å²) in [4.78, 5) is 2.35. The van der Waals surface area contributed by atoms with E-state index in [9.17, 15) is 0 Å². The maximum atomic E-state index is 3.20. The maximum absolute atomic E-state index is 3.20. The number of hydrogen-bond acceptors (Lipinski definition) is 2. The Bertz CT molecular complexity index is 357. The normalized spacial score (nSPS) is 19.1. The molecule has 2 rings (SSSR count). The lowest BCUT2D eigenvalue weighted by Gasteiger charge is -2.32. The van der Waals surface area contributed by atoms with Gasteiger partial charge in [-0.1, -0.05) is 30.4 Å². The molecule has 0 fully saturated rings. The third-order valence-electron chi connectivity index (χ3n) is 3.00. The number of para-hydroxylation sites is 1. The van der Waals surface area contributed by atoms with Gasteiger partial charge in [0.15, 0.2) is 0 Å². The molecule has 0 saturated heterocycles. The fourth-order valence-corrected chi connectivity index (χ4v) is 2.05. The molecule has 15 heavy (non-hydrogen) atoms. The minimum Gasteiger partial charge on any atom is -0.368 e. The first-order valence-corrected chi connectivity index (χ1v) is 5.47. The molecule has 1 atom stereocenters. The Labute approximate surface area is 91.6 Å². The second kappa shape index (κ2) is 4.49. The molecular weight excluding hydrogens is 184 g/mol. The van der Waals surface area contributed by atoms with Gasteiger partial charge < -0.3 is 10.2 Å². The third-order valence-corrected chi connectivity index (χ3v) is 3.00. The van der Waals surface area contributed by atoms with Crippen LogP contribution in [0.2, 0.25) is 0 Å². The van der Waals surface area contributed by atoms with Gasteiger partial charge >= 0.3 is 0 Å². The molecule has 0 amide bonds. The largest absolute Gasteiger partial charge is 0.368 e. The minimum absolute atomic E-state index is 0.521. The first kappa shape index (κ1) is 10.2. The Morgan fingerprint density at radius 3 is 2.93 bits per heavy atom. The molecule has 80 valence electrons. The van der Waals surface area contributed by atoms with Crippen LogP contribution < -0.4 is 10.2 Å². The summed E-state index contributed by atoms with van der Waals surface area (Å²) >= 11 is 0. The van der Waals surface area contributed by atoms with E-state index in [-0.39, 0.29) is 0 Å². The van der Waals surface area contributed by atoms with Gasteiger partial charge in [-0.25, -0.2) is 0 Å². The summed E-state index contributed by atoms with van der Waals surface area (Å²) in [6.45, 7) is 1.06. The van der Waals surface area contributed by atoms with Crippen LogP contribution in [0.4, 0.5) is 5.69 Å². The summed E-state index contributed by atoms with van der Waals surface area (Å²) in [5.74, 6) is 0. The molecule has 1 N–H and O–H groups in total. The Kier molecular flexibility index (Phi) is 3.07. The van der Waals surface area contributed by atoms with Gasteiger partial charge in [-0.05, 0) is 31.6 Å². The van der Waals surface area contributed by atoms with E-state index in [1.54, 1.807) is 0 Å². The number of hydrogen-bond donors (Lipinski definition) is 1. The number of likely N-dealkylation sites (N-methyl/N-ethyl adjacent to an activating group) is 1. The van der Waals surface area contributed by atoms with Crippen molar-refractivity contribution in [2.45, 2.75) is 12.5 Å². The predicted molar refractivity (Wildman–Crippen MR) is 66.2 cm³/mol. The van der Waals surface area contributed by atoms with Crippen LogP contribution in [0.15, 0.2) is 30.3 Å². The first-order valence-electron chi connectivity index (χ1n) is 5.47. The molecule has 1 aliphatic heterocycles. The van der Waals surface area contributed by atoms with Crippen molar-refractivity contribution in [3.63, 3.8) is 0 Å². The van der Waals surface area contributed by atoms with Crippen LogP contribution in [0.3, 0.4) is 0 Å². The summed E-state index contributed by atoms with van der Waals surface area (Å²) in [5, 5.41) is 3.20. The standard InChI is InChI=1S/C13H18N2/c1-14-10-9-12-8-7-11-5-3-4-6-13(11)15(12)2/h3-8,12,14H,9-10H2,1-2H3. The Morgan fingerprint density at radius 2 is 2.13 bits per heavy atom. The van der Waals surface area contributed by atoms with E-state index in [0.717, 1.165) is 13.0 Å². The number of benzene rings is 1. The average Bonchev–Trinajstić information content (AvgIpc) is 2.29. The van der Waals surface area contributed by atoms with Crippen molar-refractivity contribution in [3.8, 4) is 0 Å². The number of anilines is 1. The van der Waals surface area contributed by atoms with E-state index < -0.39 is 0 Å². The first-order chi connectivity index (χ1) is 7.33. The van der Waals surface area contributed by atoms with E-state index >= 15 is 0 Å². The van der Waals surface area contributed by atoms with Crippen LogP contribution in [0, 0.1) is 0 Å². The second-order valence-corrected chi connectivity index (χ2v) is 3.99. The van der Waals surface area contributed by atoms with Gasteiger partial charge in [-0.15, -0.1) is 0 Å². The van der Waals surface area contributed by atoms with E-state index in [1.165, 1.54) is 11.3 Å². The monoisotopic (exact) mass is 202 g/mol. The van der Waals surface area contributed by atoms with Crippen LogP contribution in [0.5, 0.6) is 0 Å². The summed E-state index contributed by atoms with van der Waals surface area (Å²) < 4.78 is 0. The van der Waals surface area contributed by atoms with E-state index in [0.29, 0.717) is 6.04 Å². The molecule has 0 aliphatic carbocycles. The van der Waals surface area contributed by atoms with Crippen molar-refractivity contribution >= 4 is 11.8 Å². The molecule has 0 saturated carbocycles. The zero-order valence-electron chi connectivity index (χ0n) is 9.40. The zero-order valence-corrected chi connectivity index (χ0v) is 9.40. The van der Waals surface area contributed by atoms with Crippen LogP contribution in [0.25, 0.3) is 6.08 Å². The minimum atomic E-state index is 0.521. The fourth-order valence-electron chi connectivity index (χ4n) is 2.05. The van der Waals surface area contributed by atoms with E-state index in [4.69, 9.17) is 0 Å². The molecule has 2 nitrogen and oxygen atoms in total. The van der Waals surface area contributed by atoms with Crippen molar-refractivity contribution in [1.29, 1.82) is 0 Å². The summed E-state index contributed by atoms with van der Waals surface area (Å²) in [7, 11) is 4.17. The quantitative estimate of drug-likeness (QED) is 0.807.